The van der Waals surface area contributed by atoms with E-state index in [0.29, 0.717) is 40.9 Å². The van der Waals surface area contributed by atoms with E-state index in [1.165, 1.54) is 21.3 Å². The van der Waals surface area contributed by atoms with E-state index in [2.05, 4.69) is 5.32 Å². The Bertz CT molecular complexity index is 854. The summed E-state index contributed by atoms with van der Waals surface area (Å²) < 4.78 is 27.5. The summed E-state index contributed by atoms with van der Waals surface area (Å²) in [6, 6.07) is 6.93. The Morgan fingerprint density at radius 3 is 2.32 bits per heavy atom. The SMILES string of the molecule is CCOc1cc2c(cc1NC(=O)c1cc(OC)c(OC)c(OC)c1)OC(C)C2. The predicted molar refractivity (Wildman–Crippen MR) is 105 cm³/mol. The molecule has 0 spiro atoms. The number of nitrogens with one attached hydrogen (secondary N) is 1. The molecular weight excluding hydrogens is 362 g/mol. The van der Waals surface area contributed by atoms with Crippen molar-refractivity contribution in [3.05, 3.63) is 35.4 Å². The van der Waals surface area contributed by atoms with Crippen molar-refractivity contribution < 1.29 is 28.5 Å². The molecule has 1 aliphatic heterocycles. The minimum Gasteiger partial charge on any atom is -0.493 e. The second kappa shape index (κ2) is 8.29. The van der Waals surface area contributed by atoms with Crippen molar-refractivity contribution in [2.24, 2.45) is 0 Å². The van der Waals surface area contributed by atoms with Gasteiger partial charge in [0, 0.05) is 23.6 Å². The van der Waals surface area contributed by atoms with Crippen LogP contribution in [0.4, 0.5) is 5.69 Å². The number of carbonyl (C=O) groups is 1. The lowest BCUT2D eigenvalue weighted by Crippen LogP contribution is -2.14. The van der Waals surface area contributed by atoms with Crippen LogP contribution in [0.5, 0.6) is 28.7 Å². The molecule has 7 nitrogen and oxygen atoms in total. The average Bonchev–Trinajstić information content (AvgIpc) is 3.05. The molecule has 1 aliphatic rings. The van der Waals surface area contributed by atoms with Gasteiger partial charge in [0.2, 0.25) is 5.75 Å². The van der Waals surface area contributed by atoms with Gasteiger partial charge >= 0.3 is 0 Å². The maximum absolute atomic E-state index is 12.9. The minimum atomic E-state index is -0.328. The number of hydrogen-bond acceptors (Lipinski definition) is 6. The molecule has 1 unspecified atom stereocenters. The first-order chi connectivity index (χ1) is 13.5. The van der Waals surface area contributed by atoms with E-state index in [-0.39, 0.29) is 12.0 Å². The van der Waals surface area contributed by atoms with Crippen LogP contribution in [0, 0.1) is 0 Å². The number of amides is 1. The molecule has 0 saturated carbocycles. The standard InChI is InChI=1S/C21H25NO6/c1-6-27-17-8-13-7-12(2)28-16(13)11-15(17)22-21(23)14-9-18(24-3)20(26-5)19(10-14)25-4/h8-12H,6-7H2,1-5H3,(H,22,23). The molecule has 0 aliphatic carbocycles. The number of rotatable bonds is 7. The number of fused-ring (bicyclic) bond motifs is 1. The maximum atomic E-state index is 12.9. The Labute approximate surface area is 164 Å². The van der Waals surface area contributed by atoms with Crippen LogP contribution in [0.15, 0.2) is 24.3 Å². The highest BCUT2D eigenvalue weighted by atomic mass is 16.5. The highest BCUT2D eigenvalue weighted by Crippen LogP contribution is 2.40. The summed E-state index contributed by atoms with van der Waals surface area (Å²) in [5.41, 5.74) is 1.99. The minimum absolute atomic E-state index is 0.102. The average molecular weight is 387 g/mol. The molecule has 150 valence electrons. The largest absolute Gasteiger partial charge is 0.493 e. The third-order valence-corrected chi connectivity index (χ3v) is 4.47. The number of hydrogen-bond donors (Lipinski definition) is 1. The Balaban J connectivity index is 1.94. The van der Waals surface area contributed by atoms with Crippen molar-refractivity contribution in [2.75, 3.05) is 33.3 Å². The van der Waals surface area contributed by atoms with E-state index in [1.54, 1.807) is 18.2 Å². The summed E-state index contributed by atoms with van der Waals surface area (Å²) >= 11 is 0. The Morgan fingerprint density at radius 1 is 1.07 bits per heavy atom. The summed E-state index contributed by atoms with van der Waals surface area (Å²) in [5.74, 6) is 2.28. The molecular formula is C21H25NO6. The molecule has 0 radical (unpaired) electrons. The molecule has 0 saturated heterocycles. The molecule has 0 bridgehead atoms. The van der Waals surface area contributed by atoms with Crippen molar-refractivity contribution in [3.63, 3.8) is 0 Å². The van der Waals surface area contributed by atoms with Crippen molar-refractivity contribution in [1.29, 1.82) is 0 Å². The summed E-state index contributed by atoms with van der Waals surface area (Å²) in [6.07, 6.45) is 0.918. The van der Waals surface area contributed by atoms with Crippen LogP contribution in [0.2, 0.25) is 0 Å². The fourth-order valence-corrected chi connectivity index (χ4v) is 3.22. The number of carbonyl (C=O) groups excluding carboxylic acids is 1. The molecule has 3 rings (SSSR count). The van der Waals surface area contributed by atoms with Crippen LogP contribution in [0.1, 0.15) is 29.8 Å². The fraction of sp³-hybridized carbons (Fsp3) is 0.381. The lowest BCUT2D eigenvalue weighted by Gasteiger charge is -2.16. The summed E-state index contributed by atoms with van der Waals surface area (Å²) in [4.78, 5) is 12.9. The van der Waals surface area contributed by atoms with Gasteiger partial charge in [-0.2, -0.15) is 0 Å². The lowest BCUT2D eigenvalue weighted by atomic mass is 10.1. The molecule has 1 N–H and O–H groups in total. The zero-order valence-corrected chi connectivity index (χ0v) is 16.8. The van der Waals surface area contributed by atoms with Crippen LogP contribution < -0.4 is 29.0 Å². The molecule has 2 aromatic carbocycles. The number of methoxy groups -OCH3 is 3. The molecule has 0 aromatic heterocycles. The van der Waals surface area contributed by atoms with Crippen LogP contribution in [-0.4, -0.2) is 39.9 Å². The first-order valence-corrected chi connectivity index (χ1v) is 9.08. The van der Waals surface area contributed by atoms with Gasteiger partial charge in [0.25, 0.3) is 5.91 Å². The van der Waals surface area contributed by atoms with E-state index in [9.17, 15) is 4.79 Å². The van der Waals surface area contributed by atoms with Gasteiger partial charge in [0.15, 0.2) is 11.5 Å². The van der Waals surface area contributed by atoms with E-state index in [0.717, 1.165) is 17.7 Å². The second-order valence-corrected chi connectivity index (χ2v) is 6.39. The van der Waals surface area contributed by atoms with Crippen LogP contribution in [-0.2, 0) is 6.42 Å². The number of ether oxygens (including phenoxy) is 5. The monoisotopic (exact) mass is 387 g/mol. The summed E-state index contributed by atoms with van der Waals surface area (Å²) in [6.45, 7) is 4.40. The van der Waals surface area contributed by atoms with Gasteiger partial charge in [0.05, 0.1) is 33.6 Å². The highest BCUT2D eigenvalue weighted by Gasteiger charge is 2.23. The molecule has 28 heavy (non-hydrogen) atoms. The first kappa shape index (κ1) is 19.7. The molecule has 7 heteroatoms. The number of benzene rings is 2. The van der Waals surface area contributed by atoms with Gasteiger partial charge in [0.1, 0.15) is 17.6 Å². The first-order valence-electron chi connectivity index (χ1n) is 9.08. The van der Waals surface area contributed by atoms with Crippen molar-refractivity contribution in [1.82, 2.24) is 0 Å². The lowest BCUT2D eigenvalue weighted by molar-refractivity contribution is 0.102. The Morgan fingerprint density at radius 2 is 1.75 bits per heavy atom. The van der Waals surface area contributed by atoms with Gasteiger partial charge in [-0.3, -0.25) is 4.79 Å². The van der Waals surface area contributed by atoms with Crippen molar-refractivity contribution in [3.8, 4) is 28.7 Å². The van der Waals surface area contributed by atoms with E-state index in [4.69, 9.17) is 23.7 Å². The molecule has 0 fully saturated rings. The zero-order chi connectivity index (χ0) is 20.3. The molecule has 1 atom stereocenters. The van der Waals surface area contributed by atoms with E-state index in [1.807, 2.05) is 19.9 Å². The number of anilines is 1. The van der Waals surface area contributed by atoms with Gasteiger partial charge < -0.3 is 29.0 Å². The normalized spacial score (nSPS) is 14.7. The van der Waals surface area contributed by atoms with E-state index >= 15 is 0 Å². The van der Waals surface area contributed by atoms with Crippen LogP contribution in [0.25, 0.3) is 0 Å². The van der Waals surface area contributed by atoms with Crippen LogP contribution >= 0.6 is 0 Å². The predicted octanol–water partition coefficient (Wildman–Crippen LogP) is 3.69. The topological polar surface area (TPSA) is 75.3 Å². The third kappa shape index (κ3) is 3.78. The van der Waals surface area contributed by atoms with Crippen molar-refractivity contribution in [2.45, 2.75) is 26.4 Å². The Hall–Kier alpha value is -3.09. The molecule has 1 heterocycles. The Kier molecular flexibility index (Phi) is 5.82. The quantitative estimate of drug-likeness (QED) is 0.781. The van der Waals surface area contributed by atoms with Crippen LogP contribution in [0.3, 0.4) is 0 Å². The third-order valence-electron chi connectivity index (χ3n) is 4.47. The second-order valence-electron chi connectivity index (χ2n) is 6.39. The summed E-state index contributed by atoms with van der Waals surface area (Å²) in [5, 5.41) is 2.90. The highest BCUT2D eigenvalue weighted by molar-refractivity contribution is 6.06. The van der Waals surface area contributed by atoms with Crippen molar-refractivity contribution >= 4 is 11.6 Å². The molecule has 1 amide bonds. The zero-order valence-electron chi connectivity index (χ0n) is 16.8. The van der Waals surface area contributed by atoms with Gasteiger partial charge in [-0.1, -0.05) is 0 Å². The van der Waals surface area contributed by atoms with Gasteiger partial charge in [-0.15, -0.1) is 0 Å². The van der Waals surface area contributed by atoms with E-state index < -0.39 is 0 Å². The summed E-state index contributed by atoms with van der Waals surface area (Å²) in [7, 11) is 4.52. The molecule has 2 aromatic rings. The van der Waals surface area contributed by atoms with Gasteiger partial charge in [-0.05, 0) is 32.0 Å². The van der Waals surface area contributed by atoms with Gasteiger partial charge in [-0.25, -0.2) is 0 Å². The smallest absolute Gasteiger partial charge is 0.256 e. The fourth-order valence-electron chi connectivity index (χ4n) is 3.22. The maximum Gasteiger partial charge on any atom is 0.256 e.